The standard InChI is InChI=1S/C25H26O3S/c1-18-13-24(27-11-12-29-3)14-19(2)25(18)22-6-4-5-21(15-22)17-28-23-9-7-20(16-26)8-10-23/h4-10,13-16H,11-12,17H2,1-3H3. The van der Waals surface area contributed by atoms with Crippen LogP contribution in [0.4, 0.5) is 0 Å². The van der Waals surface area contributed by atoms with E-state index in [2.05, 4.69) is 56.5 Å². The summed E-state index contributed by atoms with van der Waals surface area (Å²) in [6.07, 6.45) is 2.91. The van der Waals surface area contributed by atoms with Gasteiger partial charge in [0.15, 0.2) is 0 Å². The number of hydrogen-bond acceptors (Lipinski definition) is 4. The van der Waals surface area contributed by atoms with Crippen molar-refractivity contribution in [1.82, 2.24) is 0 Å². The van der Waals surface area contributed by atoms with Gasteiger partial charge in [-0.25, -0.2) is 0 Å². The van der Waals surface area contributed by atoms with Crippen LogP contribution in [-0.4, -0.2) is 24.9 Å². The van der Waals surface area contributed by atoms with Gasteiger partial charge in [-0.2, -0.15) is 11.8 Å². The summed E-state index contributed by atoms with van der Waals surface area (Å²) < 4.78 is 11.7. The molecule has 150 valence electrons. The highest BCUT2D eigenvalue weighted by molar-refractivity contribution is 7.98. The van der Waals surface area contributed by atoms with E-state index in [9.17, 15) is 4.79 Å². The van der Waals surface area contributed by atoms with Gasteiger partial charge in [0.05, 0.1) is 6.61 Å². The average molecular weight is 407 g/mol. The fourth-order valence-corrected chi connectivity index (χ4v) is 3.58. The van der Waals surface area contributed by atoms with Gasteiger partial charge in [0.25, 0.3) is 0 Å². The highest BCUT2D eigenvalue weighted by Crippen LogP contribution is 2.31. The smallest absolute Gasteiger partial charge is 0.150 e. The van der Waals surface area contributed by atoms with Crippen molar-refractivity contribution in [3.8, 4) is 22.6 Å². The van der Waals surface area contributed by atoms with E-state index in [1.165, 1.54) is 22.3 Å². The number of rotatable bonds is 9. The van der Waals surface area contributed by atoms with Gasteiger partial charge >= 0.3 is 0 Å². The first kappa shape index (κ1) is 21.0. The van der Waals surface area contributed by atoms with Gasteiger partial charge in [-0.15, -0.1) is 0 Å². The molecule has 0 saturated heterocycles. The minimum absolute atomic E-state index is 0.474. The van der Waals surface area contributed by atoms with Crippen LogP contribution in [0.5, 0.6) is 11.5 Å². The normalized spacial score (nSPS) is 10.6. The summed E-state index contributed by atoms with van der Waals surface area (Å²) in [5.74, 6) is 2.66. The molecule has 0 N–H and O–H groups in total. The minimum Gasteiger partial charge on any atom is -0.493 e. The number of hydrogen-bond donors (Lipinski definition) is 0. The summed E-state index contributed by atoms with van der Waals surface area (Å²) in [7, 11) is 0. The molecule has 0 saturated carbocycles. The summed E-state index contributed by atoms with van der Waals surface area (Å²) >= 11 is 1.78. The van der Waals surface area contributed by atoms with Crippen molar-refractivity contribution < 1.29 is 14.3 Å². The Balaban J connectivity index is 1.75. The van der Waals surface area contributed by atoms with Crippen molar-refractivity contribution in [3.05, 3.63) is 82.9 Å². The molecule has 0 fully saturated rings. The molecule has 0 heterocycles. The third-order valence-electron chi connectivity index (χ3n) is 4.70. The first-order valence-electron chi connectivity index (χ1n) is 9.61. The van der Waals surface area contributed by atoms with Gasteiger partial charge < -0.3 is 9.47 Å². The first-order chi connectivity index (χ1) is 14.1. The fourth-order valence-electron chi connectivity index (χ4n) is 3.33. The molecule has 0 spiro atoms. The van der Waals surface area contributed by atoms with Gasteiger partial charge in [0, 0.05) is 11.3 Å². The van der Waals surface area contributed by atoms with Gasteiger partial charge in [0.1, 0.15) is 24.4 Å². The number of aldehydes is 1. The number of aryl methyl sites for hydroxylation is 2. The molecule has 3 aromatic rings. The SMILES string of the molecule is CSCCOc1cc(C)c(-c2cccc(COc3ccc(C=O)cc3)c2)c(C)c1. The minimum atomic E-state index is 0.474. The average Bonchev–Trinajstić information content (AvgIpc) is 2.73. The van der Waals surface area contributed by atoms with E-state index in [1.54, 1.807) is 23.9 Å². The number of carbonyl (C=O) groups excluding carboxylic acids is 1. The van der Waals surface area contributed by atoms with Crippen molar-refractivity contribution in [2.24, 2.45) is 0 Å². The van der Waals surface area contributed by atoms with E-state index in [1.807, 2.05) is 12.1 Å². The van der Waals surface area contributed by atoms with E-state index >= 15 is 0 Å². The molecule has 0 unspecified atom stereocenters. The Morgan fingerprint density at radius 1 is 0.897 bits per heavy atom. The summed E-state index contributed by atoms with van der Waals surface area (Å²) in [5.41, 5.74) is 6.55. The Kier molecular flexibility index (Phi) is 7.36. The summed E-state index contributed by atoms with van der Waals surface area (Å²) in [6, 6.07) is 19.8. The number of ether oxygens (including phenoxy) is 2. The maximum absolute atomic E-state index is 10.8. The van der Waals surface area contributed by atoms with Crippen molar-refractivity contribution in [3.63, 3.8) is 0 Å². The summed E-state index contributed by atoms with van der Waals surface area (Å²) in [4.78, 5) is 10.8. The molecule has 0 bridgehead atoms. The Labute approximate surface area is 177 Å². The largest absolute Gasteiger partial charge is 0.493 e. The second-order valence-corrected chi connectivity index (χ2v) is 7.93. The lowest BCUT2D eigenvalue weighted by Crippen LogP contribution is -2.01. The molecule has 0 aromatic heterocycles. The van der Waals surface area contributed by atoms with Gasteiger partial charge in [-0.3, -0.25) is 4.79 Å². The van der Waals surface area contributed by atoms with Crippen molar-refractivity contribution in [2.45, 2.75) is 20.5 Å². The maximum Gasteiger partial charge on any atom is 0.150 e. The number of carbonyl (C=O) groups is 1. The van der Waals surface area contributed by atoms with E-state index in [0.717, 1.165) is 35.7 Å². The maximum atomic E-state index is 10.8. The summed E-state index contributed by atoms with van der Waals surface area (Å²) in [5, 5.41) is 0. The predicted molar refractivity (Wildman–Crippen MR) is 121 cm³/mol. The molecule has 29 heavy (non-hydrogen) atoms. The second-order valence-electron chi connectivity index (χ2n) is 6.95. The number of benzene rings is 3. The second kappa shape index (κ2) is 10.2. The van der Waals surface area contributed by atoms with Crippen LogP contribution in [0.2, 0.25) is 0 Å². The van der Waals surface area contributed by atoms with Crippen LogP contribution in [-0.2, 0) is 6.61 Å². The molecular weight excluding hydrogens is 380 g/mol. The number of thioether (sulfide) groups is 1. The lowest BCUT2D eigenvalue weighted by Gasteiger charge is -2.15. The molecule has 0 radical (unpaired) electrons. The monoisotopic (exact) mass is 406 g/mol. The molecule has 3 aromatic carbocycles. The van der Waals surface area contributed by atoms with Gasteiger partial charge in [0.2, 0.25) is 0 Å². The zero-order valence-corrected chi connectivity index (χ0v) is 17.9. The Bertz CT molecular complexity index is 941. The van der Waals surface area contributed by atoms with Gasteiger partial charge in [-0.1, -0.05) is 18.2 Å². The lowest BCUT2D eigenvalue weighted by molar-refractivity contribution is 0.112. The van der Waals surface area contributed by atoms with Crippen molar-refractivity contribution in [1.29, 1.82) is 0 Å². The lowest BCUT2D eigenvalue weighted by atomic mass is 9.94. The molecule has 0 aliphatic heterocycles. The topological polar surface area (TPSA) is 35.5 Å². The van der Waals surface area contributed by atoms with Crippen LogP contribution in [0.3, 0.4) is 0 Å². The van der Waals surface area contributed by atoms with E-state index in [-0.39, 0.29) is 0 Å². The molecule has 0 amide bonds. The van der Waals surface area contributed by atoms with Gasteiger partial charge in [-0.05, 0) is 90.4 Å². The Hall–Kier alpha value is -2.72. The fraction of sp³-hybridized carbons (Fsp3) is 0.240. The molecule has 3 rings (SSSR count). The Morgan fingerprint density at radius 2 is 1.62 bits per heavy atom. The molecule has 3 nitrogen and oxygen atoms in total. The van der Waals surface area contributed by atoms with Crippen LogP contribution >= 0.6 is 11.8 Å². The highest BCUT2D eigenvalue weighted by Gasteiger charge is 2.09. The van der Waals surface area contributed by atoms with Crippen LogP contribution in [0, 0.1) is 13.8 Å². The molecule has 4 heteroatoms. The molecule has 0 aliphatic rings. The molecule has 0 atom stereocenters. The van der Waals surface area contributed by atoms with E-state index in [0.29, 0.717) is 12.2 Å². The van der Waals surface area contributed by atoms with Crippen LogP contribution in [0.1, 0.15) is 27.0 Å². The zero-order chi connectivity index (χ0) is 20.6. The quantitative estimate of drug-likeness (QED) is 0.317. The third kappa shape index (κ3) is 5.64. The first-order valence-corrected chi connectivity index (χ1v) is 11.0. The molecule has 0 aliphatic carbocycles. The van der Waals surface area contributed by atoms with Crippen LogP contribution < -0.4 is 9.47 Å². The van der Waals surface area contributed by atoms with E-state index < -0.39 is 0 Å². The highest BCUT2D eigenvalue weighted by atomic mass is 32.2. The predicted octanol–water partition coefficient (Wildman–Crippen LogP) is 6.10. The van der Waals surface area contributed by atoms with Crippen molar-refractivity contribution >= 4 is 18.0 Å². The van der Waals surface area contributed by atoms with E-state index in [4.69, 9.17) is 9.47 Å². The van der Waals surface area contributed by atoms with Crippen LogP contribution in [0.15, 0.2) is 60.7 Å². The zero-order valence-electron chi connectivity index (χ0n) is 17.1. The Morgan fingerprint density at radius 3 is 2.28 bits per heavy atom. The van der Waals surface area contributed by atoms with Crippen LogP contribution in [0.25, 0.3) is 11.1 Å². The summed E-state index contributed by atoms with van der Waals surface area (Å²) in [6.45, 7) is 5.45. The molecular formula is C25H26O3S. The van der Waals surface area contributed by atoms with Crippen molar-refractivity contribution in [2.75, 3.05) is 18.6 Å². The third-order valence-corrected chi connectivity index (χ3v) is 5.27.